The fourth-order valence-electron chi connectivity index (χ4n) is 2.22. The minimum Gasteiger partial charge on any atom is -0.481 e. The molecule has 0 bridgehead atoms. The zero-order valence-corrected chi connectivity index (χ0v) is 14.4. The summed E-state index contributed by atoms with van der Waals surface area (Å²) in [4.78, 5) is 33.9. The summed E-state index contributed by atoms with van der Waals surface area (Å²) in [6.07, 6.45) is -9.13. The number of ether oxygens (including phenoxy) is 2. The Bertz CT molecular complexity index is 521. The van der Waals surface area contributed by atoms with Crippen LogP contribution >= 0.6 is 12.6 Å². The molecule has 1 rings (SSSR count). The van der Waals surface area contributed by atoms with E-state index in [0.29, 0.717) is 0 Å². The van der Waals surface area contributed by atoms with Gasteiger partial charge < -0.3 is 46.1 Å². The summed E-state index contributed by atoms with van der Waals surface area (Å²) in [5.41, 5.74) is 5.50. The second-order valence-electron chi connectivity index (χ2n) is 5.59. The lowest BCUT2D eigenvalue weighted by Gasteiger charge is -2.43. The maximum Gasteiger partial charge on any atom is 0.333 e. The van der Waals surface area contributed by atoms with Crippen molar-refractivity contribution in [2.45, 2.75) is 49.2 Å². The fourth-order valence-corrected chi connectivity index (χ4v) is 2.39. The highest BCUT2D eigenvalue weighted by Crippen LogP contribution is 2.24. The number of carboxylic acid groups (broad SMARTS) is 2. The van der Waals surface area contributed by atoms with E-state index in [4.69, 9.17) is 25.4 Å². The number of rotatable bonds is 9. The molecular weight excluding hydrogens is 376 g/mol. The molecule has 13 heteroatoms. The molecule has 0 saturated carbocycles. The molecule has 1 heterocycles. The SMILES string of the molecule is NC(CS)C(=O)NC1C(OC(CC(=O)O)C(=O)O)OC(CO)C(O)C1O. The van der Waals surface area contributed by atoms with Gasteiger partial charge in [0.25, 0.3) is 0 Å². The molecule has 0 aliphatic carbocycles. The number of carbonyl (C=O) groups is 3. The molecule has 12 nitrogen and oxygen atoms in total. The van der Waals surface area contributed by atoms with Crippen LogP contribution in [-0.4, -0.2) is 98.5 Å². The standard InChI is InChI=1S/C13H22N2O10S/c14-4(3-26)11(21)15-8-10(20)9(19)6(2-16)25-13(8)24-5(12(22)23)1-7(17)18/h4-6,8-10,13,16,19-20,26H,1-3,14H2,(H,15,21)(H,17,18)(H,22,23). The van der Waals surface area contributed by atoms with Crippen LogP contribution in [0.2, 0.25) is 0 Å². The number of carboxylic acids is 2. The van der Waals surface area contributed by atoms with Crippen LogP contribution in [-0.2, 0) is 23.9 Å². The molecule has 0 aromatic carbocycles. The average molecular weight is 398 g/mol. The number of amides is 1. The molecule has 1 saturated heterocycles. The maximum atomic E-state index is 11.9. The van der Waals surface area contributed by atoms with Crippen LogP contribution in [0.25, 0.3) is 0 Å². The van der Waals surface area contributed by atoms with Gasteiger partial charge in [-0.15, -0.1) is 0 Å². The van der Waals surface area contributed by atoms with Crippen LogP contribution in [0.3, 0.4) is 0 Å². The summed E-state index contributed by atoms with van der Waals surface area (Å²) >= 11 is 3.85. The van der Waals surface area contributed by atoms with E-state index in [1.165, 1.54) is 0 Å². The summed E-state index contributed by atoms with van der Waals surface area (Å²) in [5, 5.41) is 49.4. The molecule has 1 aliphatic rings. The zero-order valence-electron chi connectivity index (χ0n) is 13.5. The van der Waals surface area contributed by atoms with Crippen molar-refractivity contribution >= 4 is 30.5 Å². The molecule has 0 radical (unpaired) electrons. The predicted molar refractivity (Wildman–Crippen MR) is 86.3 cm³/mol. The fraction of sp³-hybridized carbons (Fsp3) is 0.769. The predicted octanol–water partition coefficient (Wildman–Crippen LogP) is -3.89. The molecule has 8 N–H and O–H groups in total. The first-order valence-electron chi connectivity index (χ1n) is 7.51. The third kappa shape index (κ3) is 5.77. The molecular formula is C13H22N2O10S. The van der Waals surface area contributed by atoms with E-state index in [1.807, 2.05) is 0 Å². The summed E-state index contributed by atoms with van der Waals surface area (Å²) < 4.78 is 10.3. The lowest BCUT2D eigenvalue weighted by molar-refractivity contribution is -0.281. The third-order valence-corrected chi connectivity index (χ3v) is 4.05. The van der Waals surface area contributed by atoms with Gasteiger partial charge in [0.1, 0.15) is 24.4 Å². The molecule has 1 amide bonds. The number of hydrogen-bond donors (Lipinski definition) is 8. The van der Waals surface area contributed by atoms with Crippen molar-refractivity contribution in [1.29, 1.82) is 0 Å². The Hall–Kier alpha value is -1.48. The molecule has 26 heavy (non-hydrogen) atoms. The Morgan fingerprint density at radius 3 is 2.31 bits per heavy atom. The summed E-state index contributed by atoms with van der Waals surface area (Å²) in [6, 6.07) is -2.55. The number of thiol groups is 1. The van der Waals surface area contributed by atoms with E-state index < -0.39 is 73.7 Å². The Labute approximate surface area is 153 Å². The number of hydrogen-bond acceptors (Lipinski definition) is 10. The Balaban J connectivity index is 3.03. The number of carbonyl (C=O) groups excluding carboxylic acids is 1. The topological polar surface area (TPSA) is 209 Å². The van der Waals surface area contributed by atoms with Crippen molar-refractivity contribution in [2.24, 2.45) is 5.73 Å². The number of aliphatic hydroxyl groups is 3. The van der Waals surface area contributed by atoms with Gasteiger partial charge in [0.2, 0.25) is 5.91 Å². The van der Waals surface area contributed by atoms with Gasteiger partial charge in [0.15, 0.2) is 12.4 Å². The highest BCUT2D eigenvalue weighted by atomic mass is 32.1. The maximum absolute atomic E-state index is 11.9. The highest BCUT2D eigenvalue weighted by molar-refractivity contribution is 7.80. The van der Waals surface area contributed by atoms with Crippen LogP contribution in [0, 0.1) is 0 Å². The molecule has 1 fully saturated rings. The Kier molecular flexibility index (Phi) is 8.69. The molecule has 1 aliphatic heterocycles. The van der Waals surface area contributed by atoms with E-state index in [-0.39, 0.29) is 5.75 Å². The molecule has 0 aromatic rings. The Morgan fingerprint density at radius 1 is 1.23 bits per heavy atom. The molecule has 7 atom stereocenters. The van der Waals surface area contributed by atoms with Crippen LogP contribution in [0.1, 0.15) is 6.42 Å². The number of nitrogens with two attached hydrogens (primary N) is 1. The van der Waals surface area contributed by atoms with Gasteiger partial charge in [-0.1, -0.05) is 0 Å². The first-order valence-corrected chi connectivity index (χ1v) is 8.14. The van der Waals surface area contributed by atoms with Crippen molar-refractivity contribution in [2.75, 3.05) is 12.4 Å². The molecule has 0 spiro atoms. The van der Waals surface area contributed by atoms with Gasteiger partial charge in [-0.25, -0.2) is 4.79 Å². The van der Waals surface area contributed by atoms with Gasteiger partial charge in [-0.2, -0.15) is 12.6 Å². The largest absolute Gasteiger partial charge is 0.481 e. The van der Waals surface area contributed by atoms with Crippen molar-refractivity contribution in [1.82, 2.24) is 5.32 Å². The van der Waals surface area contributed by atoms with E-state index >= 15 is 0 Å². The van der Waals surface area contributed by atoms with Crippen LogP contribution in [0.4, 0.5) is 0 Å². The van der Waals surface area contributed by atoms with E-state index in [9.17, 15) is 29.7 Å². The van der Waals surface area contributed by atoms with E-state index in [2.05, 4.69) is 17.9 Å². The minimum absolute atomic E-state index is 0.0421. The van der Waals surface area contributed by atoms with Gasteiger partial charge >= 0.3 is 11.9 Å². The van der Waals surface area contributed by atoms with Gasteiger partial charge in [0, 0.05) is 5.75 Å². The van der Waals surface area contributed by atoms with Crippen LogP contribution < -0.4 is 11.1 Å². The number of aliphatic carboxylic acids is 2. The van der Waals surface area contributed by atoms with Crippen molar-refractivity contribution in [3.63, 3.8) is 0 Å². The smallest absolute Gasteiger partial charge is 0.333 e. The van der Waals surface area contributed by atoms with Crippen LogP contribution in [0.15, 0.2) is 0 Å². The first kappa shape index (κ1) is 22.6. The lowest BCUT2D eigenvalue weighted by atomic mass is 9.96. The quantitative estimate of drug-likeness (QED) is 0.176. The highest BCUT2D eigenvalue weighted by Gasteiger charge is 2.47. The van der Waals surface area contributed by atoms with E-state index in [1.54, 1.807) is 0 Å². The molecule has 0 aromatic heterocycles. The average Bonchev–Trinajstić information content (AvgIpc) is 2.58. The van der Waals surface area contributed by atoms with Crippen LogP contribution in [0.5, 0.6) is 0 Å². The van der Waals surface area contributed by atoms with Gasteiger partial charge in [0.05, 0.1) is 19.1 Å². The summed E-state index contributed by atoms with van der Waals surface area (Å²) in [5.74, 6) is -3.92. The lowest BCUT2D eigenvalue weighted by Crippen LogP contribution is -2.66. The van der Waals surface area contributed by atoms with Crippen molar-refractivity contribution < 1.29 is 49.4 Å². The van der Waals surface area contributed by atoms with Gasteiger partial charge in [-0.3, -0.25) is 9.59 Å². The number of nitrogens with one attached hydrogen (secondary N) is 1. The Morgan fingerprint density at radius 2 is 1.85 bits per heavy atom. The first-order chi connectivity index (χ1) is 12.1. The monoisotopic (exact) mass is 398 g/mol. The second kappa shape index (κ2) is 10.0. The normalized spacial score (nSPS) is 31.0. The molecule has 150 valence electrons. The molecule has 7 unspecified atom stereocenters. The second-order valence-corrected chi connectivity index (χ2v) is 5.96. The summed E-state index contributed by atoms with van der Waals surface area (Å²) in [7, 11) is 0. The summed E-state index contributed by atoms with van der Waals surface area (Å²) in [6.45, 7) is -0.744. The minimum atomic E-state index is -1.86. The van der Waals surface area contributed by atoms with Crippen molar-refractivity contribution in [3.05, 3.63) is 0 Å². The van der Waals surface area contributed by atoms with E-state index in [0.717, 1.165) is 0 Å². The number of aliphatic hydroxyl groups excluding tert-OH is 3. The van der Waals surface area contributed by atoms with Gasteiger partial charge in [-0.05, 0) is 0 Å². The zero-order chi connectivity index (χ0) is 20.0. The third-order valence-electron chi connectivity index (χ3n) is 3.66. The van der Waals surface area contributed by atoms with Crippen molar-refractivity contribution in [3.8, 4) is 0 Å².